The van der Waals surface area contributed by atoms with E-state index >= 15 is 0 Å². The van der Waals surface area contributed by atoms with Gasteiger partial charge in [-0.05, 0) is 24.3 Å². The van der Waals surface area contributed by atoms with E-state index in [1.54, 1.807) is 42.6 Å². The molecule has 2 nitrogen and oxygen atoms in total. The van der Waals surface area contributed by atoms with E-state index in [1.165, 1.54) is 0 Å². The Labute approximate surface area is 99.7 Å². The van der Waals surface area contributed by atoms with Crippen molar-refractivity contribution in [3.63, 3.8) is 0 Å². The molecule has 0 radical (unpaired) electrons. The fourth-order valence-corrected chi connectivity index (χ4v) is 1.74. The van der Waals surface area contributed by atoms with Crippen LogP contribution in [0.25, 0.3) is 0 Å². The number of carbonyl (C=O) groups excluding carboxylic acids is 1. The first-order chi connectivity index (χ1) is 7.70. The molecule has 0 aliphatic carbocycles. The lowest BCUT2D eigenvalue weighted by Gasteiger charge is -2.05. The van der Waals surface area contributed by atoms with Gasteiger partial charge in [0.1, 0.15) is 0 Å². The average molecular weight is 229 g/mol. The van der Waals surface area contributed by atoms with E-state index in [2.05, 4.69) is 4.98 Å². The number of ketones is 1. The first kappa shape index (κ1) is 10.9. The first-order valence-corrected chi connectivity index (χ1v) is 5.29. The van der Waals surface area contributed by atoms with Gasteiger partial charge in [0.25, 0.3) is 0 Å². The molecule has 4 heteroatoms. The molecule has 0 fully saturated rings. The van der Waals surface area contributed by atoms with Gasteiger partial charge in [0.15, 0.2) is 13.6 Å². The molecular weight excluding hydrogens is 220 g/mol. The molecule has 0 atom stereocenters. The van der Waals surface area contributed by atoms with Crippen molar-refractivity contribution in [3.05, 3.63) is 58.7 Å². The summed E-state index contributed by atoms with van der Waals surface area (Å²) in [6.07, 6.45) is 1.67. The molecule has 0 unspecified atom stereocenters. The van der Waals surface area contributed by atoms with Gasteiger partial charge in [-0.15, -0.1) is 0 Å². The highest BCUT2D eigenvalue weighted by Crippen LogP contribution is 2.17. The Hall–Kier alpha value is -1.61. The lowest BCUT2D eigenvalue weighted by molar-refractivity contribution is 0.103. The molecule has 0 bridgehead atoms. The number of carbonyl (C=O) groups is 1. The number of benzene rings is 1. The van der Waals surface area contributed by atoms with Gasteiger partial charge in [-0.3, -0.25) is 9.78 Å². The Kier molecular flexibility index (Phi) is 3.06. The molecule has 2 rings (SSSR count). The number of pyridine rings is 1. The summed E-state index contributed by atoms with van der Waals surface area (Å²) in [6.45, 7) is 0. The van der Waals surface area contributed by atoms with Crippen LogP contribution in [0, 0.1) is 0 Å². The maximum absolute atomic E-state index is 12.2. The summed E-state index contributed by atoms with van der Waals surface area (Å²) in [5, 5.41) is 0.468. The predicted molar refractivity (Wildman–Crippen MR) is 67.3 cm³/mol. The predicted octanol–water partition coefficient (Wildman–Crippen LogP) is 1.22. The Morgan fingerprint density at radius 1 is 1.12 bits per heavy atom. The van der Waals surface area contributed by atoms with Crippen LogP contribution in [0.3, 0.4) is 0 Å². The Balaban J connectivity index is 2.48. The SMILES string of the molecule is Bc1ncccc1C(=O)c1ccccc1Cl. The van der Waals surface area contributed by atoms with Crippen LogP contribution < -0.4 is 5.59 Å². The number of hydrogen-bond donors (Lipinski definition) is 0. The summed E-state index contributed by atoms with van der Waals surface area (Å²) in [5.41, 5.74) is 1.82. The number of aromatic nitrogens is 1. The van der Waals surface area contributed by atoms with Gasteiger partial charge < -0.3 is 0 Å². The average Bonchev–Trinajstić information content (AvgIpc) is 2.29. The summed E-state index contributed by atoms with van der Waals surface area (Å²) in [7, 11) is 1.81. The first-order valence-electron chi connectivity index (χ1n) is 4.91. The number of nitrogens with zero attached hydrogens (tertiary/aromatic N) is 1. The van der Waals surface area contributed by atoms with Gasteiger partial charge in [-0.2, -0.15) is 0 Å². The third kappa shape index (κ3) is 2.00. The van der Waals surface area contributed by atoms with Gasteiger partial charge in [0.2, 0.25) is 0 Å². The minimum atomic E-state index is -0.0869. The van der Waals surface area contributed by atoms with Gasteiger partial charge in [0.05, 0.1) is 5.02 Å². The van der Waals surface area contributed by atoms with Crippen molar-refractivity contribution < 1.29 is 4.79 Å². The monoisotopic (exact) mass is 229 g/mol. The molecule has 1 aromatic heterocycles. The minimum Gasteiger partial charge on any atom is -0.289 e. The normalized spacial score (nSPS) is 10.1. The fraction of sp³-hybridized carbons (Fsp3) is 0. The molecule has 1 heterocycles. The van der Waals surface area contributed by atoms with Crippen LogP contribution in [0.15, 0.2) is 42.6 Å². The smallest absolute Gasteiger partial charge is 0.195 e. The molecule has 0 N–H and O–H groups in total. The Morgan fingerprint density at radius 2 is 1.81 bits per heavy atom. The zero-order valence-corrected chi connectivity index (χ0v) is 9.53. The van der Waals surface area contributed by atoms with Crippen LogP contribution in [-0.2, 0) is 0 Å². The molecule has 78 valence electrons. The van der Waals surface area contributed by atoms with Crippen molar-refractivity contribution in [2.24, 2.45) is 0 Å². The van der Waals surface area contributed by atoms with Crippen LogP contribution in [-0.4, -0.2) is 18.6 Å². The van der Waals surface area contributed by atoms with Crippen molar-refractivity contribution >= 4 is 30.8 Å². The molecule has 1 aromatic carbocycles. The highest BCUT2D eigenvalue weighted by atomic mass is 35.5. The molecule has 0 saturated carbocycles. The van der Waals surface area contributed by atoms with E-state index < -0.39 is 0 Å². The Bertz CT molecular complexity index is 495. The van der Waals surface area contributed by atoms with Gasteiger partial charge >= 0.3 is 0 Å². The van der Waals surface area contributed by atoms with Crippen LogP contribution in [0.1, 0.15) is 15.9 Å². The highest BCUT2D eigenvalue weighted by molar-refractivity contribution is 6.39. The second kappa shape index (κ2) is 4.50. The van der Waals surface area contributed by atoms with E-state index in [-0.39, 0.29) is 5.78 Å². The molecule has 2 aromatic rings. The van der Waals surface area contributed by atoms with E-state index in [9.17, 15) is 4.79 Å². The van der Waals surface area contributed by atoms with E-state index in [0.717, 1.165) is 0 Å². The summed E-state index contributed by atoms with van der Waals surface area (Å²) in [4.78, 5) is 16.3. The highest BCUT2D eigenvalue weighted by Gasteiger charge is 2.14. The Morgan fingerprint density at radius 3 is 2.50 bits per heavy atom. The number of halogens is 1. The molecule has 0 aliphatic heterocycles. The molecule has 0 saturated heterocycles. The van der Waals surface area contributed by atoms with Crippen LogP contribution in [0.4, 0.5) is 0 Å². The number of rotatable bonds is 2. The maximum atomic E-state index is 12.2. The topological polar surface area (TPSA) is 30.0 Å². The molecule has 0 spiro atoms. The van der Waals surface area contributed by atoms with E-state index in [1.807, 2.05) is 7.85 Å². The zero-order chi connectivity index (χ0) is 11.5. The van der Waals surface area contributed by atoms with Crippen LogP contribution in [0.2, 0.25) is 5.02 Å². The standard InChI is InChI=1S/C12H9BClNO/c13-12-9(5-3-7-15-12)11(16)8-4-1-2-6-10(8)14/h1-7H,13H2. The third-order valence-corrected chi connectivity index (χ3v) is 2.70. The summed E-state index contributed by atoms with van der Waals surface area (Å²) in [6, 6.07) is 10.5. The quantitative estimate of drug-likeness (QED) is 0.573. The van der Waals surface area contributed by atoms with Crippen molar-refractivity contribution in [2.45, 2.75) is 0 Å². The maximum Gasteiger partial charge on any atom is 0.195 e. The van der Waals surface area contributed by atoms with Crippen molar-refractivity contribution in [1.29, 1.82) is 0 Å². The van der Waals surface area contributed by atoms with Crippen molar-refractivity contribution in [1.82, 2.24) is 4.98 Å². The lowest BCUT2D eigenvalue weighted by Crippen LogP contribution is -2.19. The van der Waals surface area contributed by atoms with Crippen LogP contribution in [0.5, 0.6) is 0 Å². The summed E-state index contributed by atoms with van der Waals surface area (Å²) < 4.78 is 0. The fourth-order valence-electron chi connectivity index (χ4n) is 1.51. The van der Waals surface area contributed by atoms with Crippen molar-refractivity contribution in [2.75, 3.05) is 0 Å². The number of hydrogen-bond acceptors (Lipinski definition) is 2. The molecule has 0 aliphatic rings. The lowest BCUT2D eigenvalue weighted by atomic mass is 9.92. The van der Waals surface area contributed by atoms with E-state index in [4.69, 9.17) is 11.6 Å². The van der Waals surface area contributed by atoms with E-state index in [0.29, 0.717) is 21.7 Å². The summed E-state index contributed by atoms with van der Waals surface area (Å²) in [5.74, 6) is -0.0869. The molecule has 16 heavy (non-hydrogen) atoms. The van der Waals surface area contributed by atoms with Crippen molar-refractivity contribution in [3.8, 4) is 0 Å². The largest absolute Gasteiger partial charge is 0.289 e. The molecule has 0 amide bonds. The minimum absolute atomic E-state index is 0.0869. The second-order valence-corrected chi connectivity index (χ2v) is 3.85. The molecular formula is C12H9BClNO. The second-order valence-electron chi connectivity index (χ2n) is 3.45. The van der Waals surface area contributed by atoms with Crippen LogP contribution >= 0.6 is 11.6 Å². The van der Waals surface area contributed by atoms with Gasteiger partial charge in [-0.25, -0.2) is 0 Å². The van der Waals surface area contributed by atoms with Gasteiger partial charge in [0, 0.05) is 22.9 Å². The summed E-state index contributed by atoms with van der Waals surface area (Å²) >= 11 is 5.98. The zero-order valence-electron chi connectivity index (χ0n) is 8.77. The third-order valence-electron chi connectivity index (χ3n) is 2.37. The van der Waals surface area contributed by atoms with Gasteiger partial charge in [-0.1, -0.05) is 23.7 Å².